The molecule has 0 radical (unpaired) electrons. The Morgan fingerprint density at radius 1 is 0.938 bits per heavy atom. The SMILES string of the molecule is O=C(O)c1ccc(OCC(O)CSc2nc(-c3ccccc3)c(-c3ccccc3)[nH]2)cc1. The average Bonchev–Trinajstić information content (AvgIpc) is 3.27. The first kappa shape index (κ1) is 21.7. The van der Waals surface area contributed by atoms with Gasteiger partial charge in [-0.3, -0.25) is 0 Å². The summed E-state index contributed by atoms with van der Waals surface area (Å²) in [5.74, 6) is -0.0886. The summed E-state index contributed by atoms with van der Waals surface area (Å²) in [5.41, 5.74) is 4.05. The number of nitrogens with one attached hydrogen (secondary N) is 1. The zero-order valence-electron chi connectivity index (χ0n) is 17.1. The number of aromatic carboxylic acids is 1. The van der Waals surface area contributed by atoms with Crippen LogP contribution in [0.2, 0.25) is 0 Å². The molecule has 1 unspecified atom stereocenters. The zero-order chi connectivity index (χ0) is 22.3. The van der Waals surface area contributed by atoms with Crippen molar-refractivity contribution in [1.82, 2.24) is 9.97 Å². The van der Waals surface area contributed by atoms with Crippen molar-refractivity contribution in [2.24, 2.45) is 0 Å². The van der Waals surface area contributed by atoms with E-state index < -0.39 is 12.1 Å². The number of carbonyl (C=O) groups is 1. The van der Waals surface area contributed by atoms with Crippen LogP contribution in [-0.2, 0) is 0 Å². The number of hydrogen-bond acceptors (Lipinski definition) is 5. The molecule has 0 aliphatic carbocycles. The van der Waals surface area contributed by atoms with E-state index in [4.69, 9.17) is 14.8 Å². The summed E-state index contributed by atoms with van der Waals surface area (Å²) in [7, 11) is 0. The Bertz CT molecular complexity index is 1100. The number of aromatic amines is 1. The molecule has 1 aromatic heterocycles. The summed E-state index contributed by atoms with van der Waals surface area (Å²) in [6.45, 7) is 0.0945. The van der Waals surface area contributed by atoms with Gasteiger partial charge in [0, 0.05) is 16.9 Å². The summed E-state index contributed by atoms with van der Waals surface area (Å²) in [4.78, 5) is 19.1. The van der Waals surface area contributed by atoms with Gasteiger partial charge in [0.2, 0.25) is 0 Å². The largest absolute Gasteiger partial charge is 0.491 e. The molecule has 1 atom stereocenters. The van der Waals surface area contributed by atoms with Gasteiger partial charge < -0.3 is 19.9 Å². The maximum Gasteiger partial charge on any atom is 0.335 e. The van der Waals surface area contributed by atoms with Crippen LogP contribution < -0.4 is 4.74 Å². The lowest BCUT2D eigenvalue weighted by atomic mass is 10.1. The molecule has 7 heteroatoms. The van der Waals surface area contributed by atoms with E-state index in [0.29, 0.717) is 16.7 Å². The first-order valence-electron chi connectivity index (χ1n) is 10.1. The van der Waals surface area contributed by atoms with E-state index in [-0.39, 0.29) is 12.2 Å². The normalized spacial score (nSPS) is 11.8. The van der Waals surface area contributed by atoms with Crippen LogP contribution in [0.4, 0.5) is 0 Å². The van der Waals surface area contributed by atoms with Gasteiger partial charge in [0.05, 0.1) is 23.1 Å². The van der Waals surface area contributed by atoms with E-state index in [2.05, 4.69) is 4.98 Å². The van der Waals surface area contributed by atoms with Crippen molar-refractivity contribution in [2.45, 2.75) is 11.3 Å². The van der Waals surface area contributed by atoms with Crippen LogP contribution in [0.15, 0.2) is 90.1 Å². The Kier molecular flexibility index (Phi) is 6.89. The second kappa shape index (κ2) is 10.2. The molecule has 1 heterocycles. The third kappa shape index (κ3) is 5.38. The lowest BCUT2D eigenvalue weighted by Gasteiger charge is -2.11. The number of hydrogen-bond donors (Lipinski definition) is 3. The lowest BCUT2D eigenvalue weighted by molar-refractivity contribution is 0.0696. The molecule has 4 aromatic rings. The van der Waals surface area contributed by atoms with Crippen LogP contribution in [-0.4, -0.2) is 44.6 Å². The molecule has 0 amide bonds. The minimum atomic E-state index is -0.990. The molecule has 3 aromatic carbocycles. The van der Waals surface area contributed by atoms with Crippen molar-refractivity contribution in [3.63, 3.8) is 0 Å². The first-order chi connectivity index (χ1) is 15.6. The predicted molar refractivity (Wildman–Crippen MR) is 125 cm³/mol. The second-order valence-corrected chi connectivity index (χ2v) is 8.11. The van der Waals surface area contributed by atoms with Crippen LogP contribution in [0.5, 0.6) is 5.75 Å². The molecular weight excluding hydrogens is 424 g/mol. The molecule has 0 bridgehead atoms. The van der Waals surface area contributed by atoms with Crippen LogP contribution in [0, 0.1) is 0 Å². The van der Waals surface area contributed by atoms with E-state index in [1.807, 2.05) is 60.7 Å². The van der Waals surface area contributed by atoms with Crippen molar-refractivity contribution < 1.29 is 19.7 Å². The van der Waals surface area contributed by atoms with Gasteiger partial charge in [-0.25, -0.2) is 9.78 Å². The number of aromatic nitrogens is 2. The molecule has 4 rings (SSSR count). The lowest BCUT2D eigenvalue weighted by Crippen LogP contribution is -2.20. The van der Waals surface area contributed by atoms with E-state index in [0.717, 1.165) is 22.5 Å². The molecule has 0 spiro atoms. The first-order valence-corrected chi connectivity index (χ1v) is 11.1. The molecule has 0 aliphatic heterocycles. The fourth-order valence-electron chi connectivity index (χ4n) is 3.15. The van der Waals surface area contributed by atoms with Crippen molar-refractivity contribution in [2.75, 3.05) is 12.4 Å². The van der Waals surface area contributed by atoms with Crippen LogP contribution in [0.25, 0.3) is 22.5 Å². The van der Waals surface area contributed by atoms with Gasteiger partial charge in [0.1, 0.15) is 12.4 Å². The number of H-pyrrole nitrogens is 1. The monoisotopic (exact) mass is 446 g/mol. The minimum Gasteiger partial charge on any atom is -0.491 e. The summed E-state index contributed by atoms with van der Waals surface area (Å²) >= 11 is 1.42. The highest BCUT2D eigenvalue weighted by Gasteiger charge is 2.16. The molecule has 0 saturated carbocycles. The second-order valence-electron chi connectivity index (χ2n) is 7.10. The van der Waals surface area contributed by atoms with Gasteiger partial charge in [-0.05, 0) is 24.3 Å². The van der Waals surface area contributed by atoms with Crippen molar-refractivity contribution in [3.05, 3.63) is 90.5 Å². The average molecular weight is 447 g/mol. The fourth-order valence-corrected chi connectivity index (χ4v) is 3.92. The van der Waals surface area contributed by atoms with Crippen LogP contribution >= 0.6 is 11.8 Å². The minimum absolute atomic E-state index is 0.0945. The van der Waals surface area contributed by atoms with Crippen LogP contribution in [0.1, 0.15) is 10.4 Å². The summed E-state index contributed by atoms with van der Waals surface area (Å²) < 4.78 is 5.57. The molecular formula is C25H22N2O4S. The Balaban J connectivity index is 1.41. The van der Waals surface area contributed by atoms with Gasteiger partial charge in [0.25, 0.3) is 0 Å². The standard InChI is InChI=1S/C25H22N2O4S/c28-20(15-31-21-13-11-19(12-14-21)24(29)30)16-32-25-26-22(17-7-3-1-4-8-17)23(27-25)18-9-5-2-6-10-18/h1-14,20,28H,15-16H2,(H,26,27)(H,29,30). The Morgan fingerprint density at radius 3 is 2.19 bits per heavy atom. The van der Waals surface area contributed by atoms with E-state index in [1.165, 1.54) is 23.9 Å². The Morgan fingerprint density at radius 2 is 1.56 bits per heavy atom. The maximum atomic E-state index is 10.9. The number of rotatable bonds is 9. The van der Waals surface area contributed by atoms with Crippen molar-refractivity contribution in [1.29, 1.82) is 0 Å². The molecule has 0 fully saturated rings. The molecule has 6 nitrogen and oxygen atoms in total. The molecule has 32 heavy (non-hydrogen) atoms. The number of carboxylic acids is 1. The number of benzene rings is 3. The fraction of sp³-hybridized carbons (Fsp3) is 0.120. The number of aliphatic hydroxyl groups excluding tert-OH is 1. The smallest absolute Gasteiger partial charge is 0.335 e. The highest BCUT2D eigenvalue weighted by molar-refractivity contribution is 7.99. The van der Waals surface area contributed by atoms with Gasteiger partial charge >= 0.3 is 5.97 Å². The summed E-state index contributed by atoms with van der Waals surface area (Å²) in [6.07, 6.45) is -0.718. The number of aliphatic hydroxyl groups is 1. The number of carboxylic acid groups (broad SMARTS) is 1. The topological polar surface area (TPSA) is 95.4 Å². The third-order valence-corrected chi connectivity index (χ3v) is 5.77. The highest BCUT2D eigenvalue weighted by atomic mass is 32.2. The van der Waals surface area contributed by atoms with Gasteiger partial charge in [-0.15, -0.1) is 0 Å². The highest BCUT2D eigenvalue weighted by Crippen LogP contribution is 2.32. The summed E-state index contributed by atoms with van der Waals surface area (Å²) in [5, 5.41) is 20.0. The quantitative estimate of drug-likeness (QED) is 0.314. The molecule has 0 aliphatic rings. The molecule has 162 valence electrons. The molecule has 3 N–H and O–H groups in total. The van der Waals surface area contributed by atoms with Crippen LogP contribution in [0.3, 0.4) is 0 Å². The number of nitrogens with zero attached hydrogens (tertiary/aromatic N) is 1. The molecule has 0 saturated heterocycles. The van der Waals surface area contributed by atoms with Gasteiger partial charge in [-0.2, -0.15) is 0 Å². The van der Waals surface area contributed by atoms with Crippen molar-refractivity contribution >= 4 is 17.7 Å². The maximum absolute atomic E-state index is 10.9. The van der Waals surface area contributed by atoms with Gasteiger partial charge in [0.15, 0.2) is 5.16 Å². The van der Waals surface area contributed by atoms with E-state index >= 15 is 0 Å². The Labute approximate surface area is 189 Å². The number of thioether (sulfide) groups is 1. The summed E-state index contributed by atoms with van der Waals surface area (Å²) in [6, 6.07) is 26.1. The van der Waals surface area contributed by atoms with Crippen molar-refractivity contribution in [3.8, 4) is 28.3 Å². The van der Waals surface area contributed by atoms with E-state index in [1.54, 1.807) is 12.1 Å². The number of imidazole rings is 1. The predicted octanol–water partition coefficient (Wildman–Crippen LogP) is 4.97. The van der Waals surface area contributed by atoms with E-state index in [9.17, 15) is 9.90 Å². The van der Waals surface area contributed by atoms with Gasteiger partial charge in [-0.1, -0.05) is 72.4 Å². The Hall–Kier alpha value is -3.55. The third-order valence-electron chi connectivity index (χ3n) is 4.75. The number of ether oxygens (including phenoxy) is 1. The zero-order valence-corrected chi connectivity index (χ0v) is 18.0.